The summed E-state index contributed by atoms with van der Waals surface area (Å²) in [4.78, 5) is 19.1. The molecule has 1 amide bonds. The zero-order valence-corrected chi connectivity index (χ0v) is 13.5. The van der Waals surface area contributed by atoms with E-state index in [0.717, 1.165) is 10.2 Å². The van der Waals surface area contributed by atoms with Crippen molar-refractivity contribution < 1.29 is 9.21 Å². The summed E-state index contributed by atoms with van der Waals surface area (Å²) < 4.78 is 8.10. The lowest BCUT2D eigenvalue weighted by atomic mass is 10.3. The highest BCUT2D eigenvalue weighted by molar-refractivity contribution is 7.22. The molecule has 0 N–H and O–H groups in total. The number of furan rings is 1. The number of rotatable bonds is 5. The van der Waals surface area contributed by atoms with E-state index < -0.39 is 0 Å². The number of anilines is 1. The highest BCUT2D eigenvalue weighted by Crippen LogP contribution is 2.29. The summed E-state index contributed by atoms with van der Waals surface area (Å²) in [5.41, 5.74) is 0.883. The number of carbonyl (C=O) groups excluding carboxylic acids is 1. The predicted molar refractivity (Wildman–Crippen MR) is 92.2 cm³/mol. The SMILES string of the molecule is O=C(c1ccco1)N(CCn1cccn1)c1nc2ccccc2s1. The van der Waals surface area contributed by atoms with Crippen LogP contribution in [0.3, 0.4) is 0 Å². The molecule has 0 saturated heterocycles. The molecule has 0 radical (unpaired) electrons. The third-order valence-electron chi connectivity index (χ3n) is 3.60. The number of para-hydroxylation sites is 1. The molecule has 0 spiro atoms. The summed E-state index contributed by atoms with van der Waals surface area (Å²) in [5.74, 6) is 0.0981. The van der Waals surface area contributed by atoms with Crippen molar-refractivity contribution in [3.63, 3.8) is 0 Å². The Kier molecular flexibility index (Phi) is 3.84. The van der Waals surface area contributed by atoms with Crippen LogP contribution in [0.2, 0.25) is 0 Å². The standard InChI is InChI=1S/C17H14N4O2S/c22-16(14-6-3-12-23-14)21(11-10-20-9-4-8-18-20)17-19-13-5-1-2-7-15(13)24-17/h1-9,12H,10-11H2. The van der Waals surface area contributed by atoms with Gasteiger partial charge in [0.2, 0.25) is 0 Å². The summed E-state index contributed by atoms with van der Waals surface area (Å²) in [6.45, 7) is 1.04. The largest absolute Gasteiger partial charge is 0.459 e. The monoisotopic (exact) mass is 338 g/mol. The minimum atomic E-state index is -0.203. The molecule has 0 aliphatic rings. The van der Waals surface area contributed by atoms with Crippen molar-refractivity contribution in [2.24, 2.45) is 0 Å². The van der Waals surface area contributed by atoms with Crippen molar-refractivity contribution in [2.45, 2.75) is 6.54 Å². The van der Waals surface area contributed by atoms with E-state index in [1.165, 1.54) is 17.6 Å². The summed E-state index contributed by atoms with van der Waals surface area (Å²) in [5, 5.41) is 4.84. The summed E-state index contributed by atoms with van der Waals surface area (Å²) >= 11 is 1.49. The number of nitrogens with zero attached hydrogens (tertiary/aromatic N) is 4. The first-order valence-corrected chi connectivity index (χ1v) is 8.31. The smallest absolute Gasteiger partial charge is 0.295 e. The lowest BCUT2D eigenvalue weighted by molar-refractivity contribution is 0.0959. The van der Waals surface area contributed by atoms with Gasteiger partial charge < -0.3 is 4.42 Å². The van der Waals surface area contributed by atoms with E-state index >= 15 is 0 Å². The van der Waals surface area contributed by atoms with Gasteiger partial charge in [-0.25, -0.2) is 4.98 Å². The van der Waals surface area contributed by atoms with E-state index in [0.29, 0.717) is 24.0 Å². The summed E-state index contributed by atoms with van der Waals surface area (Å²) in [6.07, 6.45) is 5.08. The average Bonchev–Trinajstić information content (AvgIpc) is 3.35. The lowest BCUT2D eigenvalue weighted by Crippen LogP contribution is -2.33. The quantitative estimate of drug-likeness (QED) is 0.559. The molecule has 120 valence electrons. The van der Waals surface area contributed by atoms with E-state index in [2.05, 4.69) is 10.1 Å². The van der Waals surface area contributed by atoms with Gasteiger partial charge in [-0.05, 0) is 30.3 Å². The van der Waals surface area contributed by atoms with Crippen LogP contribution < -0.4 is 4.90 Å². The fraction of sp³-hybridized carbons (Fsp3) is 0.118. The molecule has 0 unspecified atom stereocenters. The Morgan fingerprint density at radius 3 is 2.88 bits per heavy atom. The molecule has 24 heavy (non-hydrogen) atoms. The molecule has 0 fully saturated rings. The fourth-order valence-corrected chi connectivity index (χ4v) is 3.42. The van der Waals surface area contributed by atoms with Crippen LogP contribution in [0.5, 0.6) is 0 Å². The maximum Gasteiger partial charge on any atom is 0.295 e. The highest BCUT2D eigenvalue weighted by Gasteiger charge is 2.23. The number of aromatic nitrogens is 3. The van der Waals surface area contributed by atoms with E-state index in [9.17, 15) is 4.79 Å². The molecule has 7 heteroatoms. The molecule has 3 heterocycles. The van der Waals surface area contributed by atoms with Crippen LogP contribution in [0.15, 0.2) is 65.5 Å². The topological polar surface area (TPSA) is 64.2 Å². The Morgan fingerprint density at radius 2 is 2.12 bits per heavy atom. The molecular weight excluding hydrogens is 324 g/mol. The molecule has 1 aromatic carbocycles. The van der Waals surface area contributed by atoms with Crippen LogP contribution in [0.1, 0.15) is 10.6 Å². The molecule has 3 aromatic heterocycles. The first kappa shape index (κ1) is 14.6. The van der Waals surface area contributed by atoms with E-state index in [1.807, 2.05) is 36.5 Å². The van der Waals surface area contributed by atoms with E-state index in [1.54, 1.807) is 27.9 Å². The van der Waals surface area contributed by atoms with Crippen molar-refractivity contribution in [3.05, 3.63) is 66.9 Å². The van der Waals surface area contributed by atoms with Gasteiger partial charge in [0.05, 0.1) is 23.0 Å². The van der Waals surface area contributed by atoms with Gasteiger partial charge in [-0.15, -0.1) is 0 Å². The van der Waals surface area contributed by atoms with Crippen LogP contribution in [-0.4, -0.2) is 27.2 Å². The number of thiazole rings is 1. The van der Waals surface area contributed by atoms with Crippen LogP contribution in [0.4, 0.5) is 5.13 Å². The van der Waals surface area contributed by atoms with Gasteiger partial charge in [-0.1, -0.05) is 23.5 Å². The van der Waals surface area contributed by atoms with Gasteiger partial charge in [0.25, 0.3) is 5.91 Å². The van der Waals surface area contributed by atoms with Crippen molar-refractivity contribution >= 4 is 32.6 Å². The Balaban J connectivity index is 1.67. The van der Waals surface area contributed by atoms with Gasteiger partial charge in [0.15, 0.2) is 10.9 Å². The van der Waals surface area contributed by atoms with Gasteiger partial charge in [0.1, 0.15) is 0 Å². The number of hydrogen-bond acceptors (Lipinski definition) is 5. The first-order valence-electron chi connectivity index (χ1n) is 7.49. The van der Waals surface area contributed by atoms with Crippen molar-refractivity contribution in [1.82, 2.24) is 14.8 Å². The maximum atomic E-state index is 12.8. The third-order valence-corrected chi connectivity index (χ3v) is 4.66. The zero-order valence-electron chi connectivity index (χ0n) is 12.7. The van der Waals surface area contributed by atoms with Crippen molar-refractivity contribution in [2.75, 3.05) is 11.4 Å². The van der Waals surface area contributed by atoms with Gasteiger partial charge >= 0.3 is 0 Å². The van der Waals surface area contributed by atoms with Crippen LogP contribution in [0, 0.1) is 0 Å². The zero-order chi connectivity index (χ0) is 16.4. The molecule has 4 aromatic rings. The molecule has 0 aliphatic carbocycles. The van der Waals surface area contributed by atoms with Crippen LogP contribution in [-0.2, 0) is 6.54 Å². The molecule has 0 bridgehead atoms. The van der Waals surface area contributed by atoms with Gasteiger partial charge in [-0.3, -0.25) is 14.4 Å². The maximum absolute atomic E-state index is 12.8. The molecule has 0 aliphatic heterocycles. The average molecular weight is 338 g/mol. The predicted octanol–water partition coefficient (Wildman–Crippen LogP) is 3.43. The third kappa shape index (κ3) is 2.81. The number of hydrogen-bond donors (Lipinski definition) is 0. The Labute approximate surface area is 142 Å². The van der Waals surface area contributed by atoms with E-state index in [4.69, 9.17) is 4.42 Å². The Morgan fingerprint density at radius 1 is 1.21 bits per heavy atom. The fourth-order valence-electron chi connectivity index (χ4n) is 2.43. The second-order valence-corrected chi connectivity index (χ2v) is 6.18. The minimum absolute atomic E-state index is 0.203. The highest BCUT2D eigenvalue weighted by atomic mass is 32.1. The Bertz CT molecular complexity index is 911. The Hall–Kier alpha value is -2.93. The lowest BCUT2D eigenvalue weighted by Gasteiger charge is -2.18. The molecular formula is C17H14N4O2S. The van der Waals surface area contributed by atoms with E-state index in [-0.39, 0.29) is 5.91 Å². The number of fused-ring (bicyclic) bond motifs is 1. The molecule has 0 saturated carbocycles. The van der Waals surface area contributed by atoms with Gasteiger partial charge in [-0.2, -0.15) is 5.10 Å². The second-order valence-electron chi connectivity index (χ2n) is 5.17. The summed E-state index contributed by atoms with van der Waals surface area (Å²) in [7, 11) is 0. The number of carbonyl (C=O) groups is 1. The molecule has 0 atom stereocenters. The van der Waals surface area contributed by atoms with Crippen LogP contribution >= 0.6 is 11.3 Å². The van der Waals surface area contributed by atoms with Crippen molar-refractivity contribution in [1.29, 1.82) is 0 Å². The summed E-state index contributed by atoms with van der Waals surface area (Å²) in [6, 6.07) is 13.1. The minimum Gasteiger partial charge on any atom is -0.459 e. The molecule has 4 rings (SSSR count). The van der Waals surface area contributed by atoms with Crippen LogP contribution in [0.25, 0.3) is 10.2 Å². The van der Waals surface area contributed by atoms with Crippen molar-refractivity contribution in [3.8, 4) is 0 Å². The van der Waals surface area contributed by atoms with Gasteiger partial charge in [0, 0.05) is 18.9 Å². The second kappa shape index (κ2) is 6.29. The normalized spacial score (nSPS) is 11.0. The number of benzene rings is 1. The number of amides is 1. The molecule has 6 nitrogen and oxygen atoms in total. The first-order chi connectivity index (χ1) is 11.8.